The van der Waals surface area contributed by atoms with E-state index in [1.165, 1.54) is 0 Å². The molecule has 5 rings (SSSR count). The topological polar surface area (TPSA) is 113 Å². The lowest BCUT2D eigenvalue weighted by atomic mass is 10.0. The van der Waals surface area contributed by atoms with Crippen molar-refractivity contribution in [2.45, 2.75) is 52.6 Å². The van der Waals surface area contributed by atoms with Gasteiger partial charge in [-0.05, 0) is 31.4 Å². The molecule has 0 unspecified atom stereocenters. The maximum atomic E-state index is 8.08. The Morgan fingerprint density at radius 2 is 1.76 bits per heavy atom. The molecule has 1 saturated heterocycles. The standard InChI is InChI=1S/C30H36N6O2/c1-17(2)30-34-27-25(36(30)24-11-10-23(29(32)33)21-8-6-7-9-22(21)24)16-26(18(3)28(27)37-5)38-20-12-14-35(15-13-20)19(4)31/h6-11,16-17,20,31H,12-15H2,1-5H3,(H3,32,33). The molecular formula is C30H36N6O2. The van der Waals surface area contributed by atoms with Crippen molar-refractivity contribution in [2.75, 3.05) is 20.2 Å². The molecule has 0 aliphatic carbocycles. The summed E-state index contributed by atoms with van der Waals surface area (Å²) in [5.74, 6) is 3.23. The van der Waals surface area contributed by atoms with E-state index in [1.54, 1.807) is 7.11 Å². The smallest absolute Gasteiger partial charge is 0.153 e. The molecule has 4 N–H and O–H groups in total. The minimum absolute atomic E-state index is 0.0459. The first-order valence-electron chi connectivity index (χ1n) is 13.1. The van der Waals surface area contributed by atoms with Crippen LogP contribution in [-0.4, -0.2) is 52.4 Å². The average Bonchev–Trinajstić information content (AvgIpc) is 3.27. The van der Waals surface area contributed by atoms with E-state index in [4.69, 9.17) is 31.0 Å². The summed E-state index contributed by atoms with van der Waals surface area (Å²) in [5, 5.41) is 17.9. The highest BCUT2D eigenvalue weighted by atomic mass is 16.5. The molecule has 8 heteroatoms. The van der Waals surface area contributed by atoms with Crippen molar-refractivity contribution in [3.63, 3.8) is 0 Å². The molecule has 1 aliphatic rings. The van der Waals surface area contributed by atoms with Crippen LogP contribution < -0.4 is 15.2 Å². The van der Waals surface area contributed by atoms with E-state index in [9.17, 15) is 0 Å². The van der Waals surface area contributed by atoms with Crippen LogP contribution in [0.1, 0.15) is 56.5 Å². The van der Waals surface area contributed by atoms with Crippen LogP contribution in [0.4, 0.5) is 0 Å². The maximum Gasteiger partial charge on any atom is 0.153 e. The number of hydrogen-bond acceptors (Lipinski definition) is 5. The van der Waals surface area contributed by atoms with Gasteiger partial charge >= 0.3 is 0 Å². The van der Waals surface area contributed by atoms with Gasteiger partial charge in [-0.25, -0.2) is 4.98 Å². The molecule has 0 bridgehead atoms. The molecule has 0 amide bonds. The van der Waals surface area contributed by atoms with Crippen LogP contribution >= 0.6 is 0 Å². The number of imidazole rings is 1. The SMILES string of the molecule is COc1c(C)c(OC2CCN(C(C)=N)CC2)cc2c1nc(C(C)C)n2-c1ccc(C(=N)N)c2ccccc12. The molecule has 2 heterocycles. The number of nitrogens with one attached hydrogen (secondary N) is 2. The average molecular weight is 513 g/mol. The molecule has 8 nitrogen and oxygen atoms in total. The molecule has 0 saturated carbocycles. The minimum Gasteiger partial charge on any atom is -0.494 e. The Morgan fingerprint density at radius 1 is 1.08 bits per heavy atom. The summed E-state index contributed by atoms with van der Waals surface area (Å²) in [5.41, 5.74) is 10.3. The second kappa shape index (κ2) is 10.0. The summed E-state index contributed by atoms with van der Waals surface area (Å²) in [6.45, 7) is 9.78. The number of nitrogens with two attached hydrogens (primary N) is 1. The third kappa shape index (κ3) is 4.34. The van der Waals surface area contributed by atoms with Crippen molar-refractivity contribution in [2.24, 2.45) is 5.73 Å². The Balaban J connectivity index is 1.70. The quantitative estimate of drug-likeness (QED) is 0.225. The van der Waals surface area contributed by atoms with Crippen LogP contribution in [-0.2, 0) is 0 Å². The van der Waals surface area contributed by atoms with Gasteiger partial charge in [0.1, 0.15) is 29.0 Å². The van der Waals surface area contributed by atoms with Crippen molar-refractivity contribution >= 4 is 33.5 Å². The third-order valence-electron chi connectivity index (χ3n) is 7.49. The second-order valence-electron chi connectivity index (χ2n) is 10.3. The first-order chi connectivity index (χ1) is 18.2. The molecule has 1 aromatic heterocycles. The zero-order valence-electron chi connectivity index (χ0n) is 22.8. The zero-order valence-corrected chi connectivity index (χ0v) is 22.8. The van der Waals surface area contributed by atoms with Crippen LogP contribution in [0.25, 0.3) is 27.5 Å². The lowest BCUT2D eigenvalue weighted by molar-refractivity contribution is 0.129. The van der Waals surface area contributed by atoms with Gasteiger partial charge in [-0.15, -0.1) is 0 Å². The first-order valence-corrected chi connectivity index (χ1v) is 13.1. The summed E-state index contributed by atoms with van der Waals surface area (Å²) in [7, 11) is 1.68. The number of amidine groups is 2. The van der Waals surface area contributed by atoms with E-state index in [0.717, 1.165) is 76.3 Å². The number of likely N-dealkylation sites (tertiary alicyclic amines) is 1. The van der Waals surface area contributed by atoms with Gasteiger partial charge < -0.3 is 20.1 Å². The van der Waals surface area contributed by atoms with Gasteiger partial charge in [-0.1, -0.05) is 38.1 Å². The fourth-order valence-corrected chi connectivity index (χ4v) is 5.49. The van der Waals surface area contributed by atoms with Crippen molar-refractivity contribution in [3.05, 3.63) is 59.4 Å². The van der Waals surface area contributed by atoms with E-state index in [-0.39, 0.29) is 17.9 Å². The van der Waals surface area contributed by atoms with Crippen molar-refractivity contribution < 1.29 is 9.47 Å². The van der Waals surface area contributed by atoms with E-state index < -0.39 is 0 Å². The van der Waals surface area contributed by atoms with Crippen LogP contribution in [0.2, 0.25) is 0 Å². The predicted molar refractivity (Wildman–Crippen MR) is 154 cm³/mol. The van der Waals surface area contributed by atoms with Crippen LogP contribution in [0, 0.1) is 17.7 Å². The Labute approximate surface area is 223 Å². The van der Waals surface area contributed by atoms with E-state index in [0.29, 0.717) is 11.4 Å². The zero-order chi connectivity index (χ0) is 27.1. The predicted octanol–water partition coefficient (Wildman–Crippen LogP) is 5.74. The van der Waals surface area contributed by atoms with Crippen molar-refractivity contribution in [3.8, 4) is 17.2 Å². The normalized spacial score (nSPS) is 14.4. The van der Waals surface area contributed by atoms with Gasteiger partial charge in [0, 0.05) is 54.4 Å². The van der Waals surface area contributed by atoms with E-state index in [2.05, 4.69) is 35.4 Å². The van der Waals surface area contributed by atoms with Gasteiger partial charge in [0.2, 0.25) is 0 Å². The molecule has 0 radical (unpaired) electrons. The minimum atomic E-state index is 0.0459. The summed E-state index contributed by atoms with van der Waals surface area (Å²) < 4.78 is 14.7. The summed E-state index contributed by atoms with van der Waals surface area (Å²) in [4.78, 5) is 7.18. The Hall–Kier alpha value is -4.07. The number of aromatic nitrogens is 2. The molecule has 0 spiro atoms. The highest BCUT2D eigenvalue weighted by Gasteiger charge is 2.26. The molecule has 38 heavy (non-hydrogen) atoms. The number of fused-ring (bicyclic) bond motifs is 2. The number of hydrogen-bond donors (Lipinski definition) is 3. The monoisotopic (exact) mass is 512 g/mol. The molecule has 0 atom stereocenters. The van der Waals surface area contributed by atoms with Gasteiger partial charge in [-0.3, -0.25) is 15.4 Å². The highest BCUT2D eigenvalue weighted by Crippen LogP contribution is 2.41. The number of benzene rings is 3. The second-order valence-corrected chi connectivity index (χ2v) is 10.3. The lowest BCUT2D eigenvalue weighted by Crippen LogP contribution is -2.40. The largest absolute Gasteiger partial charge is 0.494 e. The Kier molecular flexibility index (Phi) is 6.73. The fourth-order valence-electron chi connectivity index (χ4n) is 5.49. The number of rotatable bonds is 6. The summed E-state index contributed by atoms with van der Waals surface area (Å²) in [6.07, 6.45) is 1.80. The lowest BCUT2D eigenvalue weighted by Gasteiger charge is -2.33. The summed E-state index contributed by atoms with van der Waals surface area (Å²) in [6, 6.07) is 14.1. The van der Waals surface area contributed by atoms with Crippen LogP contribution in [0.15, 0.2) is 42.5 Å². The number of nitrogens with zero attached hydrogens (tertiary/aromatic N) is 3. The van der Waals surface area contributed by atoms with Crippen molar-refractivity contribution in [1.29, 1.82) is 10.8 Å². The van der Waals surface area contributed by atoms with E-state index >= 15 is 0 Å². The highest BCUT2D eigenvalue weighted by molar-refractivity contribution is 6.10. The Morgan fingerprint density at radius 3 is 2.37 bits per heavy atom. The molecular weight excluding hydrogens is 476 g/mol. The molecule has 1 aliphatic heterocycles. The third-order valence-corrected chi connectivity index (χ3v) is 7.49. The maximum absolute atomic E-state index is 8.08. The number of methoxy groups -OCH3 is 1. The molecule has 3 aromatic carbocycles. The molecule has 1 fully saturated rings. The van der Waals surface area contributed by atoms with Gasteiger partial charge in [0.15, 0.2) is 5.75 Å². The van der Waals surface area contributed by atoms with Crippen molar-refractivity contribution in [1.82, 2.24) is 14.5 Å². The van der Waals surface area contributed by atoms with E-state index in [1.807, 2.05) is 44.2 Å². The number of piperidine rings is 1. The number of nitrogen functional groups attached to an aromatic ring is 1. The number of ether oxygens (including phenoxy) is 2. The first kappa shape index (κ1) is 25.6. The van der Waals surface area contributed by atoms with Gasteiger partial charge in [0.05, 0.1) is 24.1 Å². The van der Waals surface area contributed by atoms with Crippen LogP contribution in [0.3, 0.4) is 0 Å². The van der Waals surface area contributed by atoms with Gasteiger partial charge in [-0.2, -0.15) is 0 Å². The molecule has 198 valence electrons. The van der Waals surface area contributed by atoms with Gasteiger partial charge in [0.25, 0.3) is 0 Å². The summed E-state index contributed by atoms with van der Waals surface area (Å²) >= 11 is 0. The molecule has 4 aromatic rings. The van der Waals surface area contributed by atoms with Crippen LogP contribution in [0.5, 0.6) is 11.5 Å². The fraction of sp³-hybridized carbons (Fsp3) is 0.367. The Bertz CT molecular complexity index is 1550.